The third kappa shape index (κ3) is 14.5. The van der Waals surface area contributed by atoms with Crippen LogP contribution in [0.1, 0.15) is 60.8 Å². The van der Waals surface area contributed by atoms with Gasteiger partial charge in [0.1, 0.15) is 6.04 Å². The molecule has 0 aliphatic carbocycles. The van der Waals surface area contributed by atoms with Crippen LogP contribution >= 0.6 is 7.82 Å². The van der Waals surface area contributed by atoms with Crippen molar-refractivity contribution in [3.8, 4) is 0 Å². The highest BCUT2D eigenvalue weighted by Gasteiger charge is 2.26. The molecule has 32 heavy (non-hydrogen) atoms. The van der Waals surface area contributed by atoms with Crippen molar-refractivity contribution in [1.29, 1.82) is 0 Å². The molecule has 0 aliphatic rings. The van der Waals surface area contributed by atoms with Crippen LogP contribution in [0, 0.1) is 11.3 Å². The fourth-order valence-electron chi connectivity index (χ4n) is 2.53. The summed E-state index contributed by atoms with van der Waals surface area (Å²) in [5, 5.41) is 17.3. The topological polar surface area (TPSA) is 163 Å². The molecule has 12 heteroatoms. The van der Waals surface area contributed by atoms with Crippen LogP contribution in [-0.2, 0) is 28.0 Å². The maximum Gasteiger partial charge on any atom is 0.472 e. The Morgan fingerprint density at radius 1 is 1.09 bits per heavy atom. The van der Waals surface area contributed by atoms with Crippen LogP contribution in [0.5, 0.6) is 0 Å². The lowest BCUT2D eigenvalue weighted by Gasteiger charge is -2.22. The van der Waals surface area contributed by atoms with Crippen molar-refractivity contribution in [1.82, 2.24) is 16.0 Å². The summed E-state index contributed by atoms with van der Waals surface area (Å²) < 4.78 is 21.4. The Morgan fingerprint density at radius 3 is 2.22 bits per heavy atom. The van der Waals surface area contributed by atoms with E-state index in [1.54, 1.807) is 34.6 Å². The van der Waals surface area contributed by atoms with Gasteiger partial charge in [-0.2, -0.15) is 0 Å². The summed E-state index contributed by atoms with van der Waals surface area (Å²) in [6, 6.07) is -0.892. The van der Waals surface area contributed by atoms with Gasteiger partial charge in [0.2, 0.25) is 17.7 Å². The minimum Gasteiger partial charge on any atom is -0.396 e. The molecule has 0 aliphatic heterocycles. The Bertz CT molecular complexity index is 651. The Hall–Kier alpha value is -1.52. The number of hydrogen-bond donors (Lipinski definition) is 5. The van der Waals surface area contributed by atoms with Gasteiger partial charge in [0.25, 0.3) is 0 Å². The first-order valence-corrected chi connectivity index (χ1v) is 12.3. The van der Waals surface area contributed by atoms with Crippen LogP contribution in [0.3, 0.4) is 0 Å². The van der Waals surface area contributed by atoms with E-state index in [1.165, 1.54) is 6.92 Å². The normalized spacial score (nSPS) is 15.5. The predicted octanol–water partition coefficient (Wildman–Crippen LogP) is 1.09. The van der Waals surface area contributed by atoms with Crippen LogP contribution in [0.25, 0.3) is 0 Å². The molecule has 0 aromatic heterocycles. The molecule has 0 aromatic rings. The lowest BCUT2D eigenvalue weighted by Crippen LogP contribution is -2.53. The molecular weight excluding hydrogens is 441 g/mol. The molecule has 0 spiro atoms. The quantitative estimate of drug-likeness (QED) is 0.171. The molecule has 0 fully saturated rings. The SMILES string of the molecule is CC(=O)N[C@@H](CNC(=O)C(C)(C)C)C(=O)NCCCCC(CO)COP(=O)(O)OC(C)C. The number of rotatable bonds is 15. The second-order valence-electron chi connectivity index (χ2n) is 8.97. The number of phosphoric acid groups is 1. The second-order valence-corrected chi connectivity index (χ2v) is 10.4. The van der Waals surface area contributed by atoms with Crippen molar-refractivity contribution in [2.24, 2.45) is 11.3 Å². The van der Waals surface area contributed by atoms with Crippen LogP contribution in [0.15, 0.2) is 0 Å². The molecule has 0 bridgehead atoms. The monoisotopic (exact) mass is 481 g/mol. The van der Waals surface area contributed by atoms with Crippen molar-refractivity contribution in [2.45, 2.75) is 73.0 Å². The first-order valence-electron chi connectivity index (χ1n) is 10.8. The van der Waals surface area contributed by atoms with Crippen molar-refractivity contribution < 1.29 is 38.0 Å². The molecule has 0 heterocycles. The molecule has 3 atom stereocenters. The zero-order valence-electron chi connectivity index (χ0n) is 20.0. The van der Waals surface area contributed by atoms with Gasteiger partial charge in [-0.05, 0) is 26.7 Å². The van der Waals surface area contributed by atoms with Gasteiger partial charge in [-0.1, -0.05) is 27.2 Å². The van der Waals surface area contributed by atoms with Crippen LogP contribution < -0.4 is 16.0 Å². The van der Waals surface area contributed by atoms with Crippen molar-refractivity contribution in [3.05, 3.63) is 0 Å². The fraction of sp³-hybridized carbons (Fsp3) is 0.850. The van der Waals surface area contributed by atoms with E-state index in [0.717, 1.165) is 0 Å². The van der Waals surface area contributed by atoms with E-state index in [2.05, 4.69) is 16.0 Å². The predicted molar refractivity (Wildman–Crippen MR) is 120 cm³/mol. The van der Waals surface area contributed by atoms with E-state index in [4.69, 9.17) is 9.05 Å². The van der Waals surface area contributed by atoms with Gasteiger partial charge in [0.15, 0.2) is 0 Å². The van der Waals surface area contributed by atoms with E-state index in [-0.39, 0.29) is 37.5 Å². The first kappa shape index (κ1) is 30.5. The zero-order chi connectivity index (χ0) is 24.9. The highest BCUT2D eigenvalue weighted by Crippen LogP contribution is 2.44. The van der Waals surface area contributed by atoms with Gasteiger partial charge in [-0.25, -0.2) is 4.57 Å². The summed E-state index contributed by atoms with van der Waals surface area (Å²) in [6.45, 7) is 9.72. The van der Waals surface area contributed by atoms with Gasteiger partial charge in [-0.15, -0.1) is 0 Å². The largest absolute Gasteiger partial charge is 0.472 e. The van der Waals surface area contributed by atoms with Crippen molar-refractivity contribution in [3.63, 3.8) is 0 Å². The third-order valence-electron chi connectivity index (χ3n) is 4.26. The molecule has 2 unspecified atom stereocenters. The summed E-state index contributed by atoms with van der Waals surface area (Å²) >= 11 is 0. The highest BCUT2D eigenvalue weighted by molar-refractivity contribution is 7.47. The van der Waals surface area contributed by atoms with Gasteiger partial charge in [0, 0.05) is 38.0 Å². The van der Waals surface area contributed by atoms with Gasteiger partial charge in [0.05, 0.1) is 12.7 Å². The standard InChI is InChI=1S/C20H40N3O8P/c1-14(2)31-32(28,29)30-13-16(12-24)9-7-8-10-21-18(26)17(23-15(3)25)11-22-19(27)20(4,5)6/h14,16-17,24H,7-13H2,1-6H3,(H,21,26)(H,22,27)(H,23,25)(H,28,29)/t16?,17-/m0/s1. The molecule has 3 amide bonds. The Labute approximate surface area is 190 Å². The van der Waals surface area contributed by atoms with Crippen molar-refractivity contribution >= 4 is 25.5 Å². The van der Waals surface area contributed by atoms with Gasteiger partial charge >= 0.3 is 7.82 Å². The lowest BCUT2D eigenvalue weighted by atomic mass is 9.95. The lowest BCUT2D eigenvalue weighted by molar-refractivity contribution is -0.130. The van der Waals surface area contributed by atoms with E-state index in [0.29, 0.717) is 25.8 Å². The van der Waals surface area contributed by atoms with Crippen molar-refractivity contribution in [2.75, 3.05) is 26.3 Å². The van der Waals surface area contributed by atoms with Crippen LogP contribution in [0.2, 0.25) is 0 Å². The fourth-order valence-corrected chi connectivity index (χ4v) is 3.52. The Morgan fingerprint density at radius 2 is 1.72 bits per heavy atom. The smallest absolute Gasteiger partial charge is 0.396 e. The minimum absolute atomic E-state index is 0.0227. The summed E-state index contributed by atoms with van der Waals surface area (Å²) in [7, 11) is -4.15. The maximum absolute atomic E-state index is 12.4. The van der Waals surface area contributed by atoms with E-state index >= 15 is 0 Å². The highest BCUT2D eigenvalue weighted by atomic mass is 31.2. The molecule has 0 aromatic carbocycles. The summed E-state index contributed by atoms with van der Waals surface area (Å²) in [6.07, 6.45) is 1.26. The molecule has 11 nitrogen and oxygen atoms in total. The molecule has 0 radical (unpaired) electrons. The number of unbranched alkanes of at least 4 members (excludes halogenated alkanes) is 1. The van der Waals surface area contributed by atoms with E-state index in [9.17, 15) is 28.9 Å². The summed E-state index contributed by atoms with van der Waals surface area (Å²) in [5.74, 6) is -1.38. The van der Waals surface area contributed by atoms with Gasteiger partial charge < -0.3 is 26.0 Å². The average Bonchev–Trinajstić information content (AvgIpc) is 2.64. The molecular formula is C20H40N3O8P. The second kappa shape index (κ2) is 14.6. The number of carbonyl (C=O) groups excluding carboxylic acids is 3. The first-order chi connectivity index (χ1) is 14.7. The summed E-state index contributed by atoms with van der Waals surface area (Å²) in [4.78, 5) is 45.3. The number of nitrogens with one attached hydrogen (secondary N) is 3. The minimum atomic E-state index is -4.15. The van der Waals surface area contributed by atoms with Crippen LogP contribution in [0.4, 0.5) is 0 Å². The Balaban J connectivity index is 4.39. The summed E-state index contributed by atoms with van der Waals surface area (Å²) in [5.41, 5.74) is -0.616. The van der Waals surface area contributed by atoms with Crippen LogP contribution in [-0.4, -0.2) is 66.2 Å². The number of hydrogen-bond acceptors (Lipinski definition) is 7. The number of aliphatic hydroxyl groups excluding tert-OH is 1. The molecule has 0 rings (SSSR count). The molecule has 5 N–H and O–H groups in total. The molecule has 0 saturated carbocycles. The van der Waals surface area contributed by atoms with Gasteiger partial charge in [-0.3, -0.25) is 23.4 Å². The molecule has 0 saturated heterocycles. The molecule has 188 valence electrons. The number of amides is 3. The maximum atomic E-state index is 12.4. The van der Waals surface area contributed by atoms with E-state index < -0.39 is 31.3 Å². The number of aliphatic hydroxyl groups is 1. The Kier molecular flexibility index (Phi) is 13.9. The number of carbonyl (C=O) groups is 3. The average molecular weight is 482 g/mol. The number of phosphoric ester groups is 1. The van der Waals surface area contributed by atoms with E-state index in [1.807, 2.05) is 0 Å². The third-order valence-corrected chi connectivity index (χ3v) is 5.42. The zero-order valence-corrected chi connectivity index (χ0v) is 20.9.